The molecule has 3 atom stereocenters. The van der Waals surface area contributed by atoms with Gasteiger partial charge in [0.05, 0.1) is 30.7 Å². The molecular weight excluding hydrogens is 626 g/mol. The van der Waals surface area contributed by atoms with Crippen molar-refractivity contribution in [2.45, 2.75) is 56.9 Å². The molecule has 14 heteroatoms. The predicted molar refractivity (Wildman–Crippen MR) is 160 cm³/mol. The van der Waals surface area contributed by atoms with Gasteiger partial charge in [0.15, 0.2) is 5.78 Å². The van der Waals surface area contributed by atoms with Crippen LogP contribution in [0.15, 0.2) is 41.3 Å². The SMILES string of the molecule is CCCc1c(OCCCSc2ccc(C(C(=O)[O-])C(C)CSC[C@H](N)C(=O)NCC(=O)[O-])cc2)ccc(C(C)=O)c1O.[Na+].[Na+]. The van der Waals surface area contributed by atoms with E-state index in [1.807, 2.05) is 19.1 Å². The molecule has 10 nitrogen and oxygen atoms in total. The number of Topliss-reactive ketones (excluding diaryl/α,β-unsaturated/α-hetero) is 1. The Morgan fingerprint density at radius 2 is 1.70 bits per heavy atom. The molecule has 2 aromatic rings. The number of nitrogens with two attached hydrogens (primary N) is 1. The quantitative estimate of drug-likeness (QED) is 0.0570. The van der Waals surface area contributed by atoms with Crippen LogP contribution in [0.4, 0.5) is 0 Å². The van der Waals surface area contributed by atoms with Crippen LogP contribution in [0, 0.1) is 5.92 Å². The first-order valence-electron chi connectivity index (χ1n) is 13.7. The smallest absolute Gasteiger partial charge is 0.549 e. The summed E-state index contributed by atoms with van der Waals surface area (Å²) in [7, 11) is 0. The van der Waals surface area contributed by atoms with Crippen molar-refractivity contribution in [1.29, 1.82) is 0 Å². The first-order valence-corrected chi connectivity index (χ1v) is 15.8. The zero-order valence-electron chi connectivity index (χ0n) is 26.1. The molecule has 44 heavy (non-hydrogen) atoms. The van der Waals surface area contributed by atoms with Crippen molar-refractivity contribution in [3.05, 3.63) is 53.1 Å². The summed E-state index contributed by atoms with van der Waals surface area (Å²) in [4.78, 5) is 46.9. The van der Waals surface area contributed by atoms with Gasteiger partial charge in [-0.2, -0.15) is 11.8 Å². The van der Waals surface area contributed by atoms with Gasteiger partial charge in [0.1, 0.15) is 11.5 Å². The topological polar surface area (TPSA) is 182 Å². The van der Waals surface area contributed by atoms with Gasteiger partial charge in [-0.1, -0.05) is 32.4 Å². The Labute approximate surface area is 311 Å². The minimum absolute atomic E-state index is 0. The van der Waals surface area contributed by atoms with Gasteiger partial charge in [-0.15, -0.1) is 11.8 Å². The van der Waals surface area contributed by atoms with Crippen LogP contribution in [-0.2, 0) is 20.8 Å². The van der Waals surface area contributed by atoms with Crippen LogP contribution in [0.5, 0.6) is 11.5 Å². The summed E-state index contributed by atoms with van der Waals surface area (Å²) < 4.78 is 5.91. The average Bonchev–Trinajstić information content (AvgIpc) is 2.93. The van der Waals surface area contributed by atoms with Crippen molar-refractivity contribution in [3.8, 4) is 11.5 Å². The van der Waals surface area contributed by atoms with Crippen LogP contribution in [0.1, 0.15) is 61.0 Å². The fourth-order valence-corrected chi connectivity index (χ4v) is 6.20. The third-order valence-electron chi connectivity index (χ3n) is 6.42. The second-order valence-corrected chi connectivity index (χ2v) is 12.1. The van der Waals surface area contributed by atoms with E-state index in [-0.39, 0.29) is 82.3 Å². The van der Waals surface area contributed by atoms with Gasteiger partial charge in [-0.05, 0) is 61.3 Å². The standard InChI is InChI=1S/C30H40N2O8S2.2Na/c1-4-6-23-25(12-11-22(19(3)33)28(23)36)40-13-5-14-42-21-9-7-20(8-10-21)27(30(38)39)18(2)16-41-17-24(31)29(37)32-15-26(34)35;;/h7-12,18,24,27,36H,4-6,13-17,31H2,1-3H3,(H,32,37)(H,34,35)(H,38,39);;/q;2*+1/p-2/t18?,24-,27?;;/m0../s1. The molecule has 230 valence electrons. The maximum absolute atomic E-state index is 12.0. The number of aliphatic carboxylic acids is 2. The van der Waals surface area contributed by atoms with E-state index in [4.69, 9.17) is 10.5 Å². The number of ketones is 1. The van der Waals surface area contributed by atoms with E-state index < -0.39 is 36.4 Å². The van der Waals surface area contributed by atoms with E-state index in [0.29, 0.717) is 41.2 Å². The Morgan fingerprint density at radius 3 is 2.27 bits per heavy atom. The first-order chi connectivity index (χ1) is 20.0. The Kier molecular flexibility index (Phi) is 21.7. The molecule has 2 rings (SSSR count). The molecule has 0 spiro atoms. The number of ether oxygens (including phenoxy) is 1. The van der Waals surface area contributed by atoms with Crippen LogP contribution >= 0.6 is 23.5 Å². The molecule has 4 N–H and O–H groups in total. The molecule has 2 unspecified atom stereocenters. The van der Waals surface area contributed by atoms with Gasteiger partial charge in [-0.3, -0.25) is 9.59 Å². The largest absolute Gasteiger partial charge is 1.00 e. The molecule has 0 radical (unpaired) electrons. The summed E-state index contributed by atoms with van der Waals surface area (Å²) in [6.07, 6.45) is 2.14. The van der Waals surface area contributed by atoms with Crippen molar-refractivity contribution in [3.63, 3.8) is 0 Å². The number of nitrogens with one attached hydrogen (secondary N) is 1. The van der Waals surface area contributed by atoms with Crippen molar-refractivity contribution in [2.24, 2.45) is 11.7 Å². The fourth-order valence-electron chi connectivity index (χ4n) is 4.27. The number of carbonyl (C=O) groups excluding carboxylic acids is 4. The van der Waals surface area contributed by atoms with Gasteiger partial charge >= 0.3 is 59.1 Å². The number of carboxylic acids is 2. The summed E-state index contributed by atoms with van der Waals surface area (Å²) in [6.45, 7) is 5.01. The van der Waals surface area contributed by atoms with Crippen molar-refractivity contribution < 1.29 is 98.3 Å². The molecule has 0 fully saturated rings. The number of carboxylic acid groups (broad SMARTS) is 2. The second kappa shape index (κ2) is 22.3. The number of carbonyl (C=O) groups is 4. The monoisotopic (exact) mass is 664 g/mol. The molecule has 2 aromatic carbocycles. The van der Waals surface area contributed by atoms with Gasteiger partial charge in [0, 0.05) is 33.9 Å². The van der Waals surface area contributed by atoms with Gasteiger partial charge in [-0.25, -0.2) is 0 Å². The van der Waals surface area contributed by atoms with Crippen LogP contribution < -0.4 is 85.1 Å². The predicted octanol–water partition coefficient (Wildman–Crippen LogP) is -4.49. The number of hydrogen-bond donors (Lipinski definition) is 3. The minimum atomic E-state index is -1.41. The third-order valence-corrected chi connectivity index (χ3v) is 8.87. The normalized spacial score (nSPS) is 12.5. The maximum Gasteiger partial charge on any atom is 1.00 e. The van der Waals surface area contributed by atoms with Gasteiger partial charge < -0.3 is 40.7 Å². The first kappa shape index (κ1) is 42.8. The molecule has 0 bridgehead atoms. The summed E-state index contributed by atoms with van der Waals surface area (Å²) >= 11 is 2.92. The number of thioether (sulfide) groups is 2. The molecule has 0 aliphatic rings. The number of phenols is 1. The van der Waals surface area contributed by atoms with Crippen molar-refractivity contribution in [1.82, 2.24) is 5.32 Å². The van der Waals surface area contributed by atoms with E-state index >= 15 is 0 Å². The molecule has 0 aromatic heterocycles. The Hall–Kier alpha value is -1.22. The molecule has 0 saturated carbocycles. The Morgan fingerprint density at radius 1 is 1.05 bits per heavy atom. The van der Waals surface area contributed by atoms with Crippen molar-refractivity contribution >= 4 is 47.2 Å². The summed E-state index contributed by atoms with van der Waals surface area (Å²) in [5, 5.41) is 35.1. The molecule has 0 heterocycles. The molecule has 0 saturated heterocycles. The molecule has 0 aliphatic carbocycles. The Bertz CT molecular complexity index is 1230. The number of aromatic hydroxyl groups is 1. The third kappa shape index (κ3) is 14.0. The van der Waals surface area contributed by atoms with Crippen LogP contribution in [0.3, 0.4) is 0 Å². The van der Waals surface area contributed by atoms with Gasteiger partial charge in [0.2, 0.25) is 5.91 Å². The average molecular weight is 665 g/mol. The zero-order valence-corrected chi connectivity index (χ0v) is 31.7. The number of phenolic OH excluding ortho intramolecular Hbond substituents is 1. The van der Waals surface area contributed by atoms with Gasteiger partial charge in [0.25, 0.3) is 0 Å². The van der Waals surface area contributed by atoms with Crippen molar-refractivity contribution in [2.75, 3.05) is 30.4 Å². The summed E-state index contributed by atoms with van der Waals surface area (Å²) in [6, 6.07) is 9.66. The van der Waals surface area contributed by atoms with Crippen LogP contribution in [0.2, 0.25) is 0 Å². The maximum atomic E-state index is 12.0. The Balaban J connectivity index is 0.00000924. The van der Waals surface area contributed by atoms with E-state index in [0.717, 1.165) is 23.5 Å². The molecule has 1 amide bonds. The van der Waals surface area contributed by atoms with E-state index in [1.54, 1.807) is 43.0 Å². The number of amides is 1. The molecule has 0 aliphatic heterocycles. The summed E-state index contributed by atoms with van der Waals surface area (Å²) in [5.41, 5.74) is 7.33. The van der Waals surface area contributed by atoms with Crippen LogP contribution in [-0.4, -0.2) is 65.2 Å². The number of benzene rings is 2. The molecular formula is C30H38N2Na2O8S2. The zero-order chi connectivity index (χ0) is 31.2. The van der Waals surface area contributed by atoms with E-state index in [9.17, 15) is 34.5 Å². The second-order valence-electron chi connectivity index (χ2n) is 9.87. The van der Waals surface area contributed by atoms with E-state index in [2.05, 4.69) is 5.32 Å². The van der Waals surface area contributed by atoms with E-state index in [1.165, 1.54) is 18.7 Å². The fraction of sp³-hybridized carbons (Fsp3) is 0.467. The summed E-state index contributed by atoms with van der Waals surface area (Å²) in [5.74, 6) is -2.64. The van der Waals surface area contributed by atoms with Crippen LogP contribution in [0.25, 0.3) is 0 Å². The number of rotatable bonds is 19. The minimum Gasteiger partial charge on any atom is -0.549 e. The number of hydrogen-bond acceptors (Lipinski definition) is 11.